The molecule has 3 rings (SSSR count). The summed E-state index contributed by atoms with van der Waals surface area (Å²) >= 11 is 0. The fourth-order valence-corrected chi connectivity index (χ4v) is 3.71. The van der Waals surface area contributed by atoms with E-state index in [0.29, 0.717) is 31.6 Å². The molecule has 2 aliphatic heterocycles. The van der Waals surface area contributed by atoms with Crippen molar-refractivity contribution >= 4 is 23.4 Å². The molecule has 1 aromatic rings. The lowest BCUT2D eigenvalue weighted by molar-refractivity contribution is -0.124. The molecule has 1 aromatic carbocycles. The van der Waals surface area contributed by atoms with Gasteiger partial charge < -0.3 is 5.73 Å². The monoisotopic (exact) mass is 329 g/mol. The molecular formula is C18H23N3O3. The minimum atomic E-state index is -0.424. The highest BCUT2D eigenvalue weighted by molar-refractivity contribution is 6.22. The number of rotatable bonds is 3. The van der Waals surface area contributed by atoms with E-state index in [2.05, 4.69) is 0 Å². The predicted octanol–water partition coefficient (Wildman–Crippen LogP) is 1.13. The highest BCUT2D eigenvalue weighted by atomic mass is 16.2. The molecule has 2 saturated heterocycles. The number of carbonyl (C=O) groups excluding carboxylic acids is 3. The zero-order valence-corrected chi connectivity index (χ0v) is 14.1. The highest BCUT2D eigenvalue weighted by Gasteiger charge is 2.44. The summed E-state index contributed by atoms with van der Waals surface area (Å²) in [6.07, 6.45) is 1.50. The zero-order valence-electron chi connectivity index (χ0n) is 14.1. The van der Waals surface area contributed by atoms with E-state index in [1.807, 2.05) is 36.9 Å². The van der Waals surface area contributed by atoms with Gasteiger partial charge in [-0.15, -0.1) is 0 Å². The lowest BCUT2D eigenvalue weighted by Crippen LogP contribution is -2.47. The second-order valence-electron chi connectivity index (χ2n) is 6.79. The average molecular weight is 329 g/mol. The van der Waals surface area contributed by atoms with Crippen LogP contribution in [0.3, 0.4) is 0 Å². The molecule has 2 fully saturated rings. The number of carbonyl (C=O) groups is 3. The van der Waals surface area contributed by atoms with Gasteiger partial charge in [0.1, 0.15) is 0 Å². The summed E-state index contributed by atoms with van der Waals surface area (Å²) in [5.74, 6) is -0.720. The summed E-state index contributed by atoms with van der Waals surface area (Å²) in [6, 6.07) is 5.30. The smallest absolute Gasteiger partial charge is 0.251 e. The number of primary amides is 1. The molecule has 2 heterocycles. The summed E-state index contributed by atoms with van der Waals surface area (Å²) in [6.45, 7) is 5.14. The molecule has 2 N–H and O–H groups in total. The Kier molecular flexibility index (Phi) is 4.41. The van der Waals surface area contributed by atoms with Crippen LogP contribution in [0.1, 0.15) is 30.4 Å². The average Bonchev–Trinajstić information content (AvgIpc) is 2.83. The molecule has 128 valence electrons. The van der Waals surface area contributed by atoms with E-state index >= 15 is 0 Å². The molecule has 1 atom stereocenters. The van der Waals surface area contributed by atoms with Crippen molar-refractivity contribution in [1.29, 1.82) is 0 Å². The molecule has 0 bridgehead atoms. The Morgan fingerprint density at radius 2 is 1.83 bits per heavy atom. The van der Waals surface area contributed by atoms with Gasteiger partial charge in [-0.2, -0.15) is 0 Å². The summed E-state index contributed by atoms with van der Waals surface area (Å²) in [5.41, 5.74) is 8.05. The summed E-state index contributed by atoms with van der Waals surface area (Å²) in [7, 11) is 0. The van der Waals surface area contributed by atoms with Gasteiger partial charge in [0.2, 0.25) is 11.8 Å². The van der Waals surface area contributed by atoms with E-state index < -0.39 is 6.04 Å². The molecule has 0 radical (unpaired) electrons. The normalized spacial score (nSPS) is 23.1. The van der Waals surface area contributed by atoms with Crippen molar-refractivity contribution in [3.8, 4) is 0 Å². The number of hydrogen-bond donors (Lipinski definition) is 1. The van der Waals surface area contributed by atoms with Crippen LogP contribution in [0.25, 0.3) is 0 Å². The summed E-state index contributed by atoms with van der Waals surface area (Å²) < 4.78 is 0. The molecule has 0 unspecified atom stereocenters. The number of aryl methyl sites for hydroxylation is 2. The third kappa shape index (κ3) is 2.94. The number of nitrogens with two attached hydrogens (primary N) is 1. The second-order valence-corrected chi connectivity index (χ2v) is 6.79. The van der Waals surface area contributed by atoms with E-state index in [1.54, 1.807) is 0 Å². The number of imide groups is 1. The largest absolute Gasteiger partial charge is 0.369 e. The van der Waals surface area contributed by atoms with Crippen molar-refractivity contribution < 1.29 is 14.4 Å². The molecular weight excluding hydrogens is 306 g/mol. The first-order valence-electron chi connectivity index (χ1n) is 8.36. The summed E-state index contributed by atoms with van der Waals surface area (Å²) in [4.78, 5) is 39.9. The third-order valence-electron chi connectivity index (χ3n) is 5.09. The minimum absolute atomic E-state index is 0.121. The Balaban J connectivity index is 1.76. The predicted molar refractivity (Wildman–Crippen MR) is 90.3 cm³/mol. The second kappa shape index (κ2) is 6.36. The van der Waals surface area contributed by atoms with Crippen LogP contribution >= 0.6 is 0 Å². The van der Waals surface area contributed by atoms with Crippen LogP contribution < -0.4 is 10.6 Å². The van der Waals surface area contributed by atoms with E-state index in [0.717, 1.165) is 11.1 Å². The van der Waals surface area contributed by atoms with Crippen LogP contribution in [0.2, 0.25) is 0 Å². The lowest BCUT2D eigenvalue weighted by atomic mass is 9.95. The Bertz CT molecular complexity index is 693. The standard InChI is InChI=1S/C18H23N3O3/c1-11-3-4-14(12(2)9-11)21-16(22)10-15(18(21)24)20-7-5-13(6-8-20)17(19)23/h3-4,9,13,15H,5-8,10H2,1-2H3,(H2,19,23)/t15-/m0/s1. The van der Waals surface area contributed by atoms with Crippen LogP contribution in [0, 0.1) is 19.8 Å². The maximum atomic E-state index is 12.8. The Hall–Kier alpha value is -2.21. The molecule has 24 heavy (non-hydrogen) atoms. The van der Waals surface area contributed by atoms with E-state index in [9.17, 15) is 14.4 Å². The molecule has 6 heteroatoms. The molecule has 0 spiro atoms. The molecule has 2 aliphatic rings. The van der Waals surface area contributed by atoms with Gasteiger partial charge in [0.05, 0.1) is 18.2 Å². The number of amides is 3. The fourth-order valence-electron chi connectivity index (χ4n) is 3.71. The molecule has 6 nitrogen and oxygen atoms in total. The Labute approximate surface area is 141 Å². The highest BCUT2D eigenvalue weighted by Crippen LogP contribution is 2.30. The minimum Gasteiger partial charge on any atom is -0.369 e. The summed E-state index contributed by atoms with van der Waals surface area (Å²) in [5, 5.41) is 0. The van der Waals surface area contributed by atoms with Gasteiger partial charge in [0.25, 0.3) is 5.91 Å². The van der Waals surface area contributed by atoms with Gasteiger partial charge in [0.15, 0.2) is 0 Å². The van der Waals surface area contributed by atoms with E-state index in [4.69, 9.17) is 5.73 Å². The van der Waals surface area contributed by atoms with E-state index in [1.165, 1.54) is 4.90 Å². The zero-order chi connectivity index (χ0) is 17.4. The van der Waals surface area contributed by atoms with Crippen molar-refractivity contribution in [3.05, 3.63) is 29.3 Å². The van der Waals surface area contributed by atoms with Crippen molar-refractivity contribution in [3.63, 3.8) is 0 Å². The van der Waals surface area contributed by atoms with Crippen LogP contribution in [-0.4, -0.2) is 41.8 Å². The molecule has 0 saturated carbocycles. The first-order chi connectivity index (χ1) is 11.4. The topological polar surface area (TPSA) is 83.7 Å². The number of hydrogen-bond acceptors (Lipinski definition) is 4. The fraction of sp³-hybridized carbons (Fsp3) is 0.500. The first-order valence-corrected chi connectivity index (χ1v) is 8.36. The lowest BCUT2D eigenvalue weighted by Gasteiger charge is -2.33. The number of piperidine rings is 1. The van der Waals surface area contributed by atoms with Gasteiger partial charge in [-0.1, -0.05) is 17.7 Å². The molecule has 0 aliphatic carbocycles. The van der Waals surface area contributed by atoms with Crippen molar-refractivity contribution in [2.75, 3.05) is 18.0 Å². The van der Waals surface area contributed by atoms with Gasteiger partial charge >= 0.3 is 0 Å². The quantitative estimate of drug-likeness (QED) is 0.843. The maximum Gasteiger partial charge on any atom is 0.251 e. The Morgan fingerprint density at radius 1 is 1.17 bits per heavy atom. The van der Waals surface area contributed by atoms with Gasteiger partial charge in [-0.25, -0.2) is 4.90 Å². The molecule has 0 aromatic heterocycles. The molecule has 3 amide bonds. The van der Waals surface area contributed by atoms with Crippen LogP contribution in [0.4, 0.5) is 5.69 Å². The van der Waals surface area contributed by atoms with Crippen LogP contribution in [-0.2, 0) is 14.4 Å². The van der Waals surface area contributed by atoms with Crippen molar-refractivity contribution in [1.82, 2.24) is 4.90 Å². The number of benzene rings is 1. The van der Waals surface area contributed by atoms with Gasteiger partial charge in [0, 0.05) is 5.92 Å². The van der Waals surface area contributed by atoms with Crippen molar-refractivity contribution in [2.45, 2.75) is 39.2 Å². The number of nitrogens with zero attached hydrogens (tertiary/aromatic N) is 2. The number of anilines is 1. The SMILES string of the molecule is Cc1ccc(N2C(=O)C[C@H](N3CCC(C(N)=O)CC3)C2=O)c(C)c1. The number of likely N-dealkylation sites (tertiary alicyclic amines) is 1. The van der Waals surface area contributed by atoms with E-state index in [-0.39, 0.29) is 30.1 Å². The van der Waals surface area contributed by atoms with Crippen LogP contribution in [0.15, 0.2) is 18.2 Å². The third-order valence-corrected chi connectivity index (χ3v) is 5.09. The van der Waals surface area contributed by atoms with Crippen LogP contribution in [0.5, 0.6) is 0 Å². The maximum absolute atomic E-state index is 12.8. The van der Waals surface area contributed by atoms with Crippen molar-refractivity contribution in [2.24, 2.45) is 11.7 Å². The first kappa shape index (κ1) is 16.6. The van der Waals surface area contributed by atoms with Gasteiger partial charge in [-0.3, -0.25) is 19.3 Å². The Morgan fingerprint density at radius 3 is 2.42 bits per heavy atom. The van der Waals surface area contributed by atoms with Gasteiger partial charge in [-0.05, 0) is 51.4 Å².